The highest BCUT2D eigenvalue weighted by Gasteiger charge is 2.26. The first-order chi connectivity index (χ1) is 14.2. The summed E-state index contributed by atoms with van der Waals surface area (Å²) in [5, 5.41) is 1.79. The van der Waals surface area contributed by atoms with Crippen LogP contribution in [0.3, 0.4) is 0 Å². The van der Waals surface area contributed by atoms with E-state index in [9.17, 15) is 14.4 Å². The normalized spacial score (nSPS) is 19.4. The van der Waals surface area contributed by atoms with Gasteiger partial charge in [-0.15, -0.1) is 11.3 Å². The van der Waals surface area contributed by atoms with E-state index in [0.717, 1.165) is 17.5 Å². The van der Waals surface area contributed by atoms with Crippen molar-refractivity contribution in [1.29, 1.82) is 0 Å². The van der Waals surface area contributed by atoms with E-state index in [1.807, 2.05) is 36.9 Å². The van der Waals surface area contributed by atoms with Gasteiger partial charge in [0.1, 0.15) is 11.2 Å². The van der Waals surface area contributed by atoms with Crippen LogP contribution in [0.4, 0.5) is 0 Å². The Morgan fingerprint density at radius 3 is 2.33 bits per heavy atom. The molecule has 1 fully saturated rings. The van der Waals surface area contributed by atoms with Crippen molar-refractivity contribution in [3.63, 3.8) is 0 Å². The number of thiophene rings is 1. The van der Waals surface area contributed by atoms with E-state index < -0.39 is 5.69 Å². The Hall–Kier alpha value is -2.67. The fourth-order valence-electron chi connectivity index (χ4n) is 4.65. The van der Waals surface area contributed by atoms with Crippen molar-refractivity contribution < 1.29 is 4.79 Å². The van der Waals surface area contributed by atoms with Crippen LogP contribution in [0.5, 0.6) is 0 Å². The molecule has 6 nitrogen and oxygen atoms in total. The molecular formula is C23H27N3O3S. The Morgan fingerprint density at radius 1 is 1.07 bits per heavy atom. The van der Waals surface area contributed by atoms with Crippen molar-refractivity contribution in [2.75, 3.05) is 13.1 Å². The van der Waals surface area contributed by atoms with Crippen molar-refractivity contribution in [3.8, 4) is 5.69 Å². The summed E-state index contributed by atoms with van der Waals surface area (Å²) < 4.78 is 3.15. The number of carbonyl (C=O) groups excluding carboxylic acids is 1. The zero-order valence-corrected chi connectivity index (χ0v) is 18.7. The summed E-state index contributed by atoms with van der Waals surface area (Å²) in [5.74, 6) is 0.813. The second-order valence-corrected chi connectivity index (χ2v) is 9.65. The van der Waals surface area contributed by atoms with E-state index in [0.29, 0.717) is 40.8 Å². The molecule has 0 unspecified atom stereocenters. The standard InChI is InChI=1S/C23H27N3O3S/c1-14-7-15(2)10-18(9-14)26-22(28)21-19(5-6-30-21)25(23(26)29)13-20(27)24-11-16(3)8-17(4)12-24/h5-7,9-10,16-17H,8,11-13H2,1-4H3/t16-,17+. The van der Waals surface area contributed by atoms with Gasteiger partial charge in [-0.3, -0.25) is 14.2 Å². The van der Waals surface area contributed by atoms with Gasteiger partial charge in [0.25, 0.3) is 5.56 Å². The largest absolute Gasteiger partial charge is 0.341 e. The van der Waals surface area contributed by atoms with E-state index >= 15 is 0 Å². The van der Waals surface area contributed by atoms with Crippen LogP contribution in [-0.4, -0.2) is 33.0 Å². The van der Waals surface area contributed by atoms with Crippen LogP contribution in [0.15, 0.2) is 39.2 Å². The van der Waals surface area contributed by atoms with E-state index in [2.05, 4.69) is 13.8 Å². The van der Waals surface area contributed by atoms with Gasteiger partial charge in [-0.05, 0) is 66.8 Å². The minimum absolute atomic E-state index is 0.0589. The molecule has 1 saturated heterocycles. The average Bonchev–Trinajstić information content (AvgIpc) is 3.13. The van der Waals surface area contributed by atoms with E-state index in [-0.39, 0.29) is 18.0 Å². The number of benzene rings is 1. The minimum atomic E-state index is -0.470. The van der Waals surface area contributed by atoms with E-state index in [1.165, 1.54) is 20.5 Å². The molecule has 30 heavy (non-hydrogen) atoms. The van der Waals surface area contributed by atoms with Gasteiger partial charge < -0.3 is 4.90 Å². The third-order valence-electron chi connectivity index (χ3n) is 5.73. The third kappa shape index (κ3) is 3.74. The molecule has 1 aromatic carbocycles. The van der Waals surface area contributed by atoms with Crippen LogP contribution in [0.2, 0.25) is 0 Å². The summed E-state index contributed by atoms with van der Waals surface area (Å²) in [4.78, 5) is 41.5. The molecule has 4 rings (SSSR count). The number of aromatic nitrogens is 2. The predicted octanol–water partition coefficient (Wildman–Crippen LogP) is 3.34. The monoisotopic (exact) mass is 425 g/mol. The molecule has 2 atom stereocenters. The van der Waals surface area contributed by atoms with Gasteiger partial charge in [0, 0.05) is 13.1 Å². The number of aryl methyl sites for hydroxylation is 2. The van der Waals surface area contributed by atoms with Gasteiger partial charge in [0.15, 0.2) is 0 Å². The van der Waals surface area contributed by atoms with Crippen LogP contribution >= 0.6 is 11.3 Å². The molecule has 1 amide bonds. The van der Waals surface area contributed by atoms with Crippen LogP contribution < -0.4 is 11.2 Å². The Morgan fingerprint density at radius 2 is 1.70 bits per heavy atom. The lowest BCUT2D eigenvalue weighted by atomic mass is 9.92. The molecule has 7 heteroatoms. The highest BCUT2D eigenvalue weighted by Crippen LogP contribution is 2.22. The molecule has 2 aromatic heterocycles. The van der Waals surface area contributed by atoms with Gasteiger partial charge >= 0.3 is 5.69 Å². The highest BCUT2D eigenvalue weighted by molar-refractivity contribution is 7.17. The van der Waals surface area contributed by atoms with Crippen LogP contribution in [0, 0.1) is 25.7 Å². The molecule has 1 aliphatic rings. The number of piperidine rings is 1. The number of hydrogen-bond donors (Lipinski definition) is 0. The lowest BCUT2D eigenvalue weighted by molar-refractivity contribution is -0.134. The summed E-state index contributed by atoms with van der Waals surface area (Å²) >= 11 is 1.30. The molecule has 0 spiro atoms. The number of hydrogen-bond acceptors (Lipinski definition) is 4. The zero-order valence-electron chi connectivity index (χ0n) is 17.8. The van der Waals surface area contributed by atoms with Crippen molar-refractivity contribution in [2.45, 2.75) is 40.7 Å². The minimum Gasteiger partial charge on any atom is -0.341 e. The second kappa shape index (κ2) is 7.87. The number of rotatable bonds is 3. The van der Waals surface area contributed by atoms with Crippen molar-refractivity contribution in [2.24, 2.45) is 11.8 Å². The Bertz CT molecular complexity index is 1210. The van der Waals surface area contributed by atoms with E-state index in [1.54, 1.807) is 11.4 Å². The maximum atomic E-state index is 13.4. The maximum absolute atomic E-state index is 13.4. The predicted molar refractivity (Wildman–Crippen MR) is 121 cm³/mol. The molecule has 158 valence electrons. The van der Waals surface area contributed by atoms with Crippen molar-refractivity contribution in [1.82, 2.24) is 14.0 Å². The summed E-state index contributed by atoms with van der Waals surface area (Å²) in [7, 11) is 0. The Kier molecular flexibility index (Phi) is 5.40. The first-order valence-electron chi connectivity index (χ1n) is 10.3. The lowest BCUT2D eigenvalue weighted by Crippen LogP contribution is -2.46. The molecular weight excluding hydrogens is 398 g/mol. The fourth-order valence-corrected chi connectivity index (χ4v) is 5.47. The maximum Gasteiger partial charge on any atom is 0.336 e. The number of likely N-dealkylation sites (tertiary alicyclic amines) is 1. The van der Waals surface area contributed by atoms with Crippen molar-refractivity contribution >= 4 is 27.5 Å². The lowest BCUT2D eigenvalue weighted by Gasteiger charge is -2.35. The van der Waals surface area contributed by atoms with Crippen molar-refractivity contribution in [3.05, 3.63) is 61.6 Å². The van der Waals surface area contributed by atoms with Crippen LogP contribution in [0.25, 0.3) is 15.9 Å². The summed E-state index contributed by atoms with van der Waals surface area (Å²) in [6.07, 6.45) is 1.11. The molecule has 3 heterocycles. The molecule has 0 saturated carbocycles. The molecule has 1 aliphatic heterocycles. The van der Waals surface area contributed by atoms with Crippen LogP contribution in [-0.2, 0) is 11.3 Å². The summed E-state index contributed by atoms with van der Waals surface area (Å²) in [5.41, 5.74) is 2.21. The van der Waals surface area contributed by atoms with Crippen LogP contribution in [0.1, 0.15) is 31.4 Å². The number of fused-ring (bicyclic) bond motifs is 1. The topological polar surface area (TPSA) is 64.3 Å². The van der Waals surface area contributed by atoms with E-state index in [4.69, 9.17) is 0 Å². The molecule has 0 radical (unpaired) electrons. The smallest absolute Gasteiger partial charge is 0.336 e. The Balaban J connectivity index is 1.82. The molecule has 0 bridgehead atoms. The summed E-state index contributed by atoms with van der Waals surface area (Å²) in [6.45, 7) is 9.54. The summed E-state index contributed by atoms with van der Waals surface area (Å²) in [6, 6.07) is 7.41. The number of carbonyl (C=O) groups is 1. The number of nitrogens with zero attached hydrogens (tertiary/aromatic N) is 3. The first kappa shape index (κ1) is 20.6. The zero-order chi connectivity index (χ0) is 21.6. The van der Waals surface area contributed by atoms with Gasteiger partial charge in [-0.2, -0.15) is 0 Å². The number of amides is 1. The quantitative estimate of drug-likeness (QED) is 0.647. The van der Waals surface area contributed by atoms with Gasteiger partial charge in [-0.1, -0.05) is 19.9 Å². The fraction of sp³-hybridized carbons (Fsp3) is 0.435. The first-order valence-corrected chi connectivity index (χ1v) is 11.2. The molecule has 0 N–H and O–H groups in total. The molecule has 0 aliphatic carbocycles. The average molecular weight is 426 g/mol. The van der Waals surface area contributed by atoms with Gasteiger partial charge in [0.05, 0.1) is 11.2 Å². The third-order valence-corrected chi connectivity index (χ3v) is 6.63. The Labute approximate surface area is 179 Å². The SMILES string of the molecule is Cc1cc(C)cc(-n2c(=O)c3sccc3n(CC(=O)N3C[C@H](C)C[C@H](C)C3)c2=O)c1. The van der Waals surface area contributed by atoms with Gasteiger partial charge in [0.2, 0.25) is 5.91 Å². The molecule has 3 aromatic rings. The van der Waals surface area contributed by atoms with Gasteiger partial charge in [-0.25, -0.2) is 9.36 Å². The second-order valence-electron chi connectivity index (χ2n) is 8.73. The highest BCUT2D eigenvalue weighted by atomic mass is 32.1.